The van der Waals surface area contributed by atoms with Crippen LogP contribution < -0.4 is 11.1 Å². The van der Waals surface area contributed by atoms with Gasteiger partial charge in [-0.3, -0.25) is 4.79 Å². The number of rotatable bonds is 6. The van der Waals surface area contributed by atoms with Crippen molar-refractivity contribution < 1.29 is 19.4 Å². The fourth-order valence-corrected chi connectivity index (χ4v) is 1.52. The van der Waals surface area contributed by atoms with Crippen molar-refractivity contribution in [3.8, 4) is 0 Å². The number of hydrogen-bond acceptors (Lipinski definition) is 4. The first-order valence-corrected chi connectivity index (χ1v) is 5.21. The molecule has 2 unspecified atom stereocenters. The van der Waals surface area contributed by atoms with E-state index in [-0.39, 0.29) is 12.5 Å². The van der Waals surface area contributed by atoms with Crippen LogP contribution in [0.3, 0.4) is 0 Å². The summed E-state index contributed by atoms with van der Waals surface area (Å²) in [6.45, 7) is 1.56. The molecular weight excluding hydrogens is 212 g/mol. The number of carboxylic acid groups (broad SMARTS) is 1. The quantitative estimate of drug-likeness (QED) is 0.561. The van der Waals surface area contributed by atoms with Crippen LogP contribution in [0.1, 0.15) is 19.8 Å². The number of ether oxygens (including phenoxy) is 1. The van der Waals surface area contributed by atoms with Gasteiger partial charge in [0.05, 0.1) is 12.1 Å². The lowest BCUT2D eigenvalue weighted by Gasteiger charge is -2.25. The Morgan fingerprint density at radius 2 is 2.19 bits per heavy atom. The second kappa shape index (κ2) is 4.80. The molecule has 0 aromatic heterocycles. The molecule has 6 nitrogen and oxygen atoms in total. The molecule has 0 bridgehead atoms. The number of hydrogen-bond donors (Lipinski definition) is 3. The second-order valence-electron chi connectivity index (χ2n) is 4.38. The van der Waals surface area contributed by atoms with Gasteiger partial charge in [0.25, 0.3) is 0 Å². The monoisotopic (exact) mass is 230 g/mol. The normalized spacial score (nSPS) is 20.9. The highest BCUT2D eigenvalue weighted by Gasteiger charge is 2.44. The van der Waals surface area contributed by atoms with Gasteiger partial charge in [0.2, 0.25) is 5.91 Å². The third kappa shape index (κ3) is 2.93. The minimum absolute atomic E-state index is 0.0676. The van der Waals surface area contributed by atoms with Crippen LogP contribution in [-0.2, 0) is 14.3 Å². The molecule has 0 aromatic rings. The minimum atomic E-state index is -1.12. The summed E-state index contributed by atoms with van der Waals surface area (Å²) in [5.41, 5.74) is 4.88. The van der Waals surface area contributed by atoms with E-state index in [0.717, 1.165) is 12.8 Å². The zero-order valence-corrected chi connectivity index (χ0v) is 9.53. The zero-order chi connectivity index (χ0) is 12.3. The van der Waals surface area contributed by atoms with E-state index in [9.17, 15) is 9.59 Å². The number of nitrogens with two attached hydrogens (primary N) is 1. The average Bonchev–Trinajstić information content (AvgIpc) is 2.99. The first-order valence-electron chi connectivity index (χ1n) is 5.21. The van der Waals surface area contributed by atoms with Gasteiger partial charge in [0.1, 0.15) is 0 Å². The van der Waals surface area contributed by atoms with Crippen molar-refractivity contribution in [1.29, 1.82) is 0 Å². The molecule has 0 radical (unpaired) electrons. The molecule has 92 valence electrons. The van der Waals surface area contributed by atoms with Crippen LogP contribution in [-0.4, -0.2) is 42.3 Å². The Kier molecular flexibility index (Phi) is 3.88. The summed E-state index contributed by atoms with van der Waals surface area (Å²) in [6, 6.07) is -1.04. The van der Waals surface area contributed by atoms with E-state index >= 15 is 0 Å². The van der Waals surface area contributed by atoms with Crippen molar-refractivity contribution in [1.82, 2.24) is 5.32 Å². The molecule has 0 spiro atoms. The molecule has 0 heterocycles. The van der Waals surface area contributed by atoms with E-state index in [4.69, 9.17) is 15.6 Å². The third-order valence-corrected chi connectivity index (χ3v) is 2.85. The molecule has 1 saturated carbocycles. The summed E-state index contributed by atoms with van der Waals surface area (Å²) < 4.78 is 4.72. The van der Waals surface area contributed by atoms with Crippen molar-refractivity contribution in [3.05, 3.63) is 0 Å². The molecule has 1 aliphatic rings. The van der Waals surface area contributed by atoms with Crippen molar-refractivity contribution in [2.45, 2.75) is 31.3 Å². The second-order valence-corrected chi connectivity index (χ2v) is 4.38. The van der Waals surface area contributed by atoms with Crippen LogP contribution in [0.25, 0.3) is 0 Å². The number of carbonyl (C=O) groups is 2. The van der Waals surface area contributed by atoms with Crippen molar-refractivity contribution in [3.63, 3.8) is 0 Å². The van der Waals surface area contributed by atoms with Crippen molar-refractivity contribution >= 4 is 11.9 Å². The highest BCUT2D eigenvalue weighted by atomic mass is 16.5. The standard InChI is InChI=1S/C10H18N2O4/c1-10(11,6-3-4-6)9(15)12-7(5-16-2)8(13)14/h6-7H,3-5,11H2,1-2H3,(H,12,15)(H,13,14). The van der Waals surface area contributed by atoms with Crippen LogP contribution in [0, 0.1) is 5.92 Å². The third-order valence-electron chi connectivity index (χ3n) is 2.85. The van der Waals surface area contributed by atoms with Gasteiger partial charge in [-0.15, -0.1) is 0 Å². The Labute approximate surface area is 94.1 Å². The van der Waals surface area contributed by atoms with Gasteiger partial charge in [0, 0.05) is 7.11 Å². The van der Waals surface area contributed by atoms with E-state index in [0.29, 0.717) is 0 Å². The lowest BCUT2D eigenvalue weighted by molar-refractivity contribution is -0.144. The molecule has 2 atom stereocenters. The summed E-state index contributed by atoms with van der Waals surface area (Å²) in [5, 5.41) is 11.2. The fraction of sp³-hybridized carbons (Fsp3) is 0.800. The summed E-state index contributed by atoms with van der Waals surface area (Å²) in [7, 11) is 1.38. The largest absolute Gasteiger partial charge is 0.480 e. The van der Waals surface area contributed by atoms with Gasteiger partial charge in [-0.1, -0.05) is 0 Å². The smallest absolute Gasteiger partial charge is 0.328 e. The summed E-state index contributed by atoms with van der Waals surface area (Å²) in [5.74, 6) is -1.40. The zero-order valence-electron chi connectivity index (χ0n) is 9.53. The number of carboxylic acids is 1. The van der Waals surface area contributed by atoms with Crippen LogP contribution in [0.5, 0.6) is 0 Å². The Bertz CT molecular complexity index is 287. The number of amides is 1. The van der Waals surface area contributed by atoms with Crippen LogP contribution >= 0.6 is 0 Å². The van der Waals surface area contributed by atoms with E-state index in [1.165, 1.54) is 7.11 Å². The molecule has 1 amide bonds. The van der Waals surface area contributed by atoms with Gasteiger partial charge in [-0.05, 0) is 25.7 Å². The predicted molar refractivity (Wildman–Crippen MR) is 56.8 cm³/mol. The maximum absolute atomic E-state index is 11.8. The summed E-state index contributed by atoms with van der Waals surface area (Å²) in [6.07, 6.45) is 1.84. The fourth-order valence-electron chi connectivity index (χ4n) is 1.52. The van der Waals surface area contributed by atoms with E-state index in [1.54, 1.807) is 6.92 Å². The van der Waals surface area contributed by atoms with Gasteiger partial charge in [0.15, 0.2) is 6.04 Å². The van der Waals surface area contributed by atoms with Crippen LogP contribution in [0.2, 0.25) is 0 Å². The molecule has 1 aliphatic carbocycles. The van der Waals surface area contributed by atoms with Crippen LogP contribution in [0.15, 0.2) is 0 Å². The molecule has 0 saturated heterocycles. The SMILES string of the molecule is COCC(NC(=O)C(C)(N)C1CC1)C(=O)O. The van der Waals surface area contributed by atoms with E-state index in [2.05, 4.69) is 5.32 Å². The highest BCUT2D eigenvalue weighted by Crippen LogP contribution is 2.38. The van der Waals surface area contributed by atoms with Gasteiger partial charge in [-0.2, -0.15) is 0 Å². The lowest BCUT2D eigenvalue weighted by atomic mass is 9.96. The first kappa shape index (κ1) is 12.9. The van der Waals surface area contributed by atoms with Crippen molar-refractivity contribution in [2.75, 3.05) is 13.7 Å². The number of methoxy groups -OCH3 is 1. The Morgan fingerprint density at radius 1 is 1.62 bits per heavy atom. The molecule has 6 heteroatoms. The summed E-state index contributed by atoms with van der Waals surface area (Å²) >= 11 is 0. The molecule has 1 rings (SSSR count). The Morgan fingerprint density at radius 3 is 2.56 bits per heavy atom. The van der Waals surface area contributed by atoms with Gasteiger partial charge in [-0.25, -0.2) is 4.79 Å². The molecular formula is C10H18N2O4. The summed E-state index contributed by atoms with van der Waals surface area (Å²) in [4.78, 5) is 22.6. The van der Waals surface area contributed by atoms with E-state index < -0.39 is 23.5 Å². The van der Waals surface area contributed by atoms with Crippen molar-refractivity contribution in [2.24, 2.45) is 11.7 Å². The minimum Gasteiger partial charge on any atom is -0.480 e. The van der Waals surface area contributed by atoms with Gasteiger partial charge >= 0.3 is 5.97 Å². The maximum atomic E-state index is 11.8. The number of carbonyl (C=O) groups excluding carboxylic acids is 1. The predicted octanol–water partition coefficient (Wildman–Crippen LogP) is -0.670. The first-order chi connectivity index (χ1) is 7.39. The average molecular weight is 230 g/mol. The molecule has 4 N–H and O–H groups in total. The molecule has 1 fully saturated rings. The topological polar surface area (TPSA) is 102 Å². The number of aliphatic carboxylic acids is 1. The van der Waals surface area contributed by atoms with E-state index in [1.807, 2.05) is 0 Å². The van der Waals surface area contributed by atoms with Crippen LogP contribution in [0.4, 0.5) is 0 Å². The Balaban J connectivity index is 2.56. The van der Waals surface area contributed by atoms with Gasteiger partial charge < -0.3 is 20.9 Å². The Hall–Kier alpha value is -1.14. The maximum Gasteiger partial charge on any atom is 0.328 e. The number of nitrogens with one attached hydrogen (secondary N) is 1. The molecule has 0 aromatic carbocycles. The molecule has 0 aliphatic heterocycles. The molecule has 16 heavy (non-hydrogen) atoms. The highest BCUT2D eigenvalue weighted by molar-refractivity contribution is 5.90. The lowest BCUT2D eigenvalue weighted by Crippen LogP contribution is -2.58.